The summed E-state index contributed by atoms with van der Waals surface area (Å²) in [7, 11) is -3.36. The molecule has 16 nitrogen and oxygen atoms in total. The van der Waals surface area contributed by atoms with Gasteiger partial charge in [0.2, 0.25) is 0 Å². The summed E-state index contributed by atoms with van der Waals surface area (Å²) in [5, 5.41) is 8.00. The topological polar surface area (TPSA) is 173 Å². The van der Waals surface area contributed by atoms with E-state index in [0.717, 1.165) is 145 Å². The number of ether oxygens (including phenoxy) is 4. The molecular weight excluding hydrogens is 1100 g/mol. The molecule has 0 amide bonds. The van der Waals surface area contributed by atoms with Gasteiger partial charge in [-0.05, 0) is 144 Å². The molecule has 0 unspecified atom stereocenters. The molecule has 4 aliphatic heterocycles. The molecule has 2 spiro atoms. The lowest BCUT2D eigenvalue weighted by Gasteiger charge is -2.35. The first-order valence-corrected chi connectivity index (χ1v) is 32.6. The highest BCUT2D eigenvalue weighted by atomic mass is 32.2. The molecular formula is C61H70N8O8S4. The molecule has 10 heterocycles. The van der Waals surface area contributed by atoms with Crippen LogP contribution in [0.5, 0.6) is 0 Å². The third kappa shape index (κ3) is 11.0. The third-order valence-electron chi connectivity index (χ3n) is 17.2. The molecule has 20 heteroatoms. The Hall–Kier alpha value is -5.52. The van der Waals surface area contributed by atoms with E-state index in [4.69, 9.17) is 38.9 Å². The molecule has 6 aliphatic rings. The fraction of sp³-hybridized carbons (Fsp3) is 0.443. The van der Waals surface area contributed by atoms with Gasteiger partial charge in [-0.3, -0.25) is 0 Å². The first-order valence-electron chi connectivity index (χ1n) is 28.0. The number of pyridine rings is 2. The monoisotopic (exact) mass is 1170 g/mol. The second-order valence-corrected chi connectivity index (χ2v) is 27.7. The molecule has 2 aromatic carbocycles. The Kier molecular flexibility index (Phi) is 15.8. The van der Waals surface area contributed by atoms with E-state index in [1.165, 1.54) is 13.5 Å². The van der Waals surface area contributed by atoms with E-state index in [2.05, 4.69) is 52.9 Å². The van der Waals surface area contributed by atoms with Crippen LogP contribution in [0.2, 0.25) is 0 Å². The number of allylic oxidation sites excluding steroid dienone is 1. The van der Waals surface area contributed by atoms with Crippen molar-refractivity contribution in [2.24, 2.45) is 0 Å². The van der Waals surface area contributed by atoms with Crippen molar-refractivity contribution in [3.8, 4) is 22.5 Å². The molecule has 6 aromatic heterocycles. The fourth-order valence-electron chi connectivity index (χ4n) is 12.5. The third-order valence-corrected chi connectivity index (χ3v) is 22.6. The summed E-state index contributed by atoms with van der Waals surface area (Å²) in [5.74, 6) is 0.286. The summed E-state index contributed by atoms with van der Waals surface area (Å²) < 4.78 is 81.4. The molecule has 0 bridgehead atoms. The van der Waals surface area contributed by atoms with Crippen LogP contribution >= 0.6 is 22.7 Å². The van der Waals surface area contributed by atoms with E-state index >= 15 is 0 Å². The summed E-state index contributed by atoms with van der Waals surface area (Å²) in [5.41, 5.74) is 7.36. The number of thiazole rings is 2. The van der Waals surface area contributed by atoms with Crippen LogP contribution in [0.1, 0.15) is 117 Å². The summed E-state index contributed by atoms with van der Waals surface area (Å²) in [6.45, 7) is 6.87. The van der Waals surface area contributed by atoms with Gasteiger partial charge in [-0.25, -0.2) is 44.7 Å². The van der Waals surface area contributed by atoms with Crippen molar-refractivity contribution in [2.45, 2.75) is 117 Å². The highest BCUT2D eigenvalue weighted by molar-refractivity contribution is 7.90. The van der Waals surface area contributed by atoms with Gasteiger partial charge in [0.25, 0.3) is 20.0 Å². The Bertz CT molecular complexity index is 3780. The van der Waals surface area contributed by atoms with Gasteiger partial charge in [-0.2, -0.15) is 0 Å². The largest absolute Gasteiger partial charge is 0.348 e. The summed E-state index contributed by atoms with van der Waals surface area (Å²) in [4.78, 5) is 24.8. The molecule has 81 heavy (non-hydrogen) atoms. The lowest BCUT2D eigenvalue weighted by molar-refractivity contribution is -0.178. The lowest BCUT2D eigenvalue weighted by atomic mass is 9.81. The van der Waals surface area contributed by atoms with Gasteiger partial charge in [0.1, 0.15) is 0 Å². The second kappa shape index (κ2) is 22.9. The van der Waals surface area contributed by atoms with Crippen LogP contribution in [0, 0.1) is 0 Å². The molecule has 8 aromatic rings. The van der Waals surface area contributed by atoms with E-state index in [1.54, 1.807) is 89.8 Å². The van der Waals surface area contributed by atoms with Crippen LogP contribution in [0.4, 0.5) is 0 Å². The number of fused-ring (bicyclic) bond motifs is 2. The van der Waals surface area contributed by atoms with Crippen molar-refractivity contribution >= 4 is 70.4 Å². The van der Waals surface area contributed by atoms with Gasteiger partial charge >= 0.3 is 0 Å². The lowest BCUT2D eigenvalue weighted by Crippen LogP contribution is -2.34. The van der Waals surface area contributed by atoms with E-state index in [0.29, 0.717) is 61.9 Å². The molecule has 0 radical (unpaired) electrons. The Morgan fingerprint density at radius 3 is 1.52 bits per heavy atom. The van der Waals surface area contributed by atoms with Crippen LogP contribution in [0.15, 0.2) is 124 Å². The molecule has 4 saturated heterocycles. The van der Waals surface area contributed by atoms with Crippen molar-refractivity contribution in [1.82, 2.24) is 37.7 Å². The smallest absolute Gasteiger partial charge is 0.269 e. The number of rotatable bonds is 10. The number of nitrogens with zero attached hydrogens (tertiary/aromatic N) is 8. The number of hydrogen-bond donors (Lipinski definition) is 0. The van der Waals surface area contributed by atoms with Crippen molar-refractivity contribution in [3.63, 3.8) is 0 Å². The molecule has 14 rings (SSSR count). The van der Waals surface area contributed by atoms with Crippen molar-refractivity contribution in [2.75, 3.05) is 66.7 Å². The summed E-state index contributed by atoms with van der Waals surface area (Å²) in [6, 6.07) is 21.3. The Labute approximate surface area is 482 Å². The zero-order valence-corrected chi connectivity index (χ0v) is 48.4. The normalized spacial score (nSPS) is 20.4. The van der Waals surface area contributed by atoms with Gasteiger partial charge in [0.15, 0.2) is 22.9 Å². The Morgan fingerprint density at radius 1 is 0.568 bits per heavy atom. The average Bonchev–Trinajstić information content (AvgIpc) is 4.41. The van der Waals surface area contributed by atoms with E-state index in [-0.39, 0.29) is 17.2 Å². The highest BCUT2D eigenvalue weighted by Gasteiger charge is 2.41. The van der Waals surface area contributed by atoms with E-state index in [9.17, 15) is 16.8 Å². The Morgan fingerprint density at radius 2 is 1.04 bits per heavy atom. The van der Waals surface area contributed by atoms with Gasteiger partial charge in [0.05, 0.1) is 57.6 Å². The number of likely N-dealkylation sites (tertiary alicyclic amines) is 2. The van der Waals surface area contributed by atoms with Crippen molar-refractivity contribution < 1.29 is 35.8 Å². The molecule has 0 atom stereocenters. The maximum absolute atomic E-state index is 13.8. The molecule has 2 aliphatic carbocycles. The predicted molar refractivity (Wildman–Crippen MR) is 318 cm³/mol. The van der Waals surface area contributed by atoms with Gasteiger partial charge in [-0.1, -0.05) is 49.9 Å². The summed E-state index contributed by atoms with van der Waals surface area (Å²) >= 11 is 3.35. The maximum Gasteiger partial charge on any atom is 0.269 e. The van der Waals surface area contributed by atoms with Crippen LogP contribution in [-0.4, -0.2) is 133 Å². The molecule has 426 valence electrons. The van der Waals surface area contributed by atoms with Crippen LogP contribution in [0.25, 0.3) is 50.2 Å². The zero-order chi connectivity index (χ0) is 54.6. The van der Waals surface area contributed by atoms with E-state index in [1.807, 2.05) is 18.3 Å². The summed E-state index contributed by atoms with van der Waals surface area (Å²) in [6.07, 6.45) is 19.5. The van der Waals surface area contributed by atoms with Gasteiger partial charge < -0.3 is 28.7 Å². The van der Waals surface area contributed by atoms with Crippen molar-refractivity contribution in [1.29, 1.82) is 0 Å². The maximum atomic E-state index is 13.8. The number of aromatic nitrogens is 6. The quantitative estimate of drug-likeness (QED) is 0.127. The van der Waals surface area contributed by atoms with Crippen LogP contribution in [0.3, 0.4) is 0 Å². The predicted octanol–water partition coefficient (Wildman–Crippen LogP) is 11.8. The van der Waals surface area contributed by atoms with Gasteiger partial charge in [-0.15, -0.1) is 22.7 Å². The van der Waals surface area contributed by atoms with Crippen molar-refractivity contribution in [3.05, 3.63) is 136 Å². The SMILES string of the molecule is C.CN1CCC(c2nc(-c3cn(S(=O)(=O)c4ccccc4)c4ncc(C5=CCC6(CC5)OCCO6)cc34)cs2)CC1.CN1CCC(c2nc(-c3cn(S(=O)(=O)c4ccccc4)c4ncc(C5CCC6(CC5)OCCO6)cc34)cs2)CC1. The molecule has 1 saturated carbocycles. The first-order chi connectivity index (χ1) is 38.8. The zero-order valence-electron chi connectivity index (χ0n) is 45.1. The van der Waals surface area contributed by atoms with E-state index < -0.39 is 31.6 Å². The van der Waals surface area contributed by atoms with Crippen LogP contribution < -0.4 is 0 Å². The van der Waals surface area contributed by atoms with Crippen LogP contribution in [-0.2, 0) is 39.0 Å². The number of piperidine rings is 2. The van der Waals surface area contributed by atoms with Gasteiger partial charge in [0, 0.05) is 95.0 Å². The Balaban J connectivity index is 0.000000159. The number of benzene rings is 2. The first kappa shape index (κ1) is 56.0. The minimum atomic E-state index is -3.85. The number of hydrogen-bond acceptors (Lipinski definition) is 16. The molecule has 0 N–H and O–H groups in total. The minimum Gasteiger partial charge on any atom is -0.348 e. The average molecular weight is 1170 g/mol. The minimum absolute atomic E-state index is 0. The second-order valence-electron chi connectivity index (χ2n) is 22.3. The fourth-order valence-corrected chi connectivity index (χ4v) is 17.1. The molecule has 5 fully saturated rings. The highest BCUT2D eigenvalue weighted by Crippen LogP contribution is 2.45. The standard InChI is InChI=1S/C30H34N4O4S2.C30H32N4O4S2.CH4/c2*1-33-13-9-22(10-14-33)29-32-27(20-39-29)26-19-34(40(35,36)24-5-3-2-4-6-24)28-25(26)17-23(18-31-28)21-7-11-30(12-8-21)37-15-16-38-30;/h2-6,17-22H,7-16H2,1H3;2-7,17-20,22H,8-16H2,1H3;1H4.